The number of hydrogen-bond acceptors (Lipinski definition) is 2. The van der Waals surface area contributed by atoms with Crippen LogP contribution in [0.5, 0.6) is 0 Å². The smallest absolute Gasteiger partial charge is 0.354 e. The molecule has 1 heterocycles. The van der Waals surface area contributed by atoms with Gasteiger partial charge in [0.15, 0.2) is 0 Å². The fourth-order valence-electron chi connectivity index (χ4n) is 1.81. The standard InChI is InChI=1S/C14H21NO2/c1-11(2)6-4-3-5-7-12-8-9-15-13(10-12)14(16)17/h8-11H,3-7H2,1-2H3,(H,16,17). The number of rotatable bonds is 7. The van der Waals surface area contributed by atoms with Gasteiger partial charge in [0.05, 0.1) is 0 Å². The van der Waals surface area contributed by atoms with Crippen LogP contribution in [-0.2, 0) is 6.42 Å². The van der Waals surface area contributed by atoms with E-state index < -0.39 is 5.97 Å². The molecule has 17 heavy (non-hydrogen) atoms. The zero-order valence-corrected chi connectivity index (χ0v) is 10.6. The van der Waals surface area contributed by atoms with E-state index in [9.17, 15) is 4.79 Å². The van der Waals surface area contributed by atoms with E-state index in [1.54, 1.807) is 12.3 Å². The molecule has 1 rings (SSSR count). The Bertz CT molecular complexity index is 361. The van der Waals surface area contributed by atoms with Crippen LogP contribution in [0, 0.1) is 5.92 Å². The Morgan fingerprint density at radius 3 is 2.76 bits per heavy atom. The molecule has 94 valence electrons. The molecule has 0 aliphatic rings. The van der Waals surface area contributed by atoms with E-state index in [0.717, 1.165) is 24.3 Å². The molecule has 0 radical (unpaired) electrons. The van der Waals surface area contributed by atoms with Crippen molar-refractivity contribution in [3.8, 4) is 0 Å². The number of aromatic nitrogens is 1. The predicted octanol–water partition coefficient (Wildman–Crippen LogP) is 3.54. The number of aromatic carboxylic acids is 1. The van der Waals surface area contributed by atoms with Gasteiger partial charge in [-0.25, -0.2) is 9.78 Å². The van der Waals surface area contributed by atoms with Gasteiger partial charge in [-0.1, -0.05) is 33.1 Å². The molecule has 1 aromatic heterocycles. The molecular weight excluding hydrogens is 214 g/mol. The molecule has 0 aliphatic heterocycles. The Hall–Kier alpha value is -1.38. The van der Waals surface area contributed by atoms with Crippen LogP contribution < -0.4 is 0 Å². The lowest BCUT2D eigenvalue weighted by Crippen LogP contribution is -2.00. The van der Waals surface area contributed by atoms with Gasteiger partial charge in [-0.05, 0) is 36.5 Å². The number of carboxylic acids is 1. The van der Waals surface area contributed by atoms with E-state index >= 15 is 0 Å². The third kappa shape index (κ3) is 5.48. The minimum Gasteiger partial charge on any atom is -0.477 e. The average molecular weight is 235 g/mol. The second-order valence-electron chi connectivity index (χ2n) is 4.85. The van der Waals surface area contributed by atoms with Crippen LogP contribution in [-0.4, -0.2) is 16.1 Å². The number of aryl methyl sites for hydroxylation is 1. The molecule has 3 heteroatoms. The molecule has 1 N–H and O–H groups in total. The van der Waals surface area contributed by atoms with Gasteiger partial charge < -0.3 is 5.11 Å². The summed E-state index contributed by atoms with van der Waals surface area (Å²) in [6.45, 7) is 4.48. The van der Waals surface area contributed by atoms with Crippen molar-refractivity contribution in [2.75, 3.05) is 0 Å². The molecule has 3 nitrogen and oxygen atoms in total. The summed E-state index contributed by atoms with van der Waals surface area (Å²) in [6, 6.07) is 3.57. The summed E-state index contributed by atoms with van der Waals surface area (Å²) in [5, 5.41) is 8.82. The lowest BCUT2D eigenvalue weighted by Gasteiger charge is -2.05. The quantitative estimate of drug-likeness (QED) is 0.735. The first-order chi connectivity index (χ1) is 8.09. The van der Waals surface area contributed by atoms with Gasteiger partial charge in [-0.15, -0.1) is 0 Å². The number of carbonyl (C=O) groups is 1. The zero-order chi connectivity index (χ0) is 12.7. The number of carboxylic acid groups (broad SMARTS) is 1. The van der Waals surface area contributed by atoms with Gasteiger partial charge in [0.2, 0.25) is 0 Å². The van der Waals surface area contributed by atoms with Crippen molar-refractivity contribution in [3.63, 3.8) is 0 Å². The van der Waals surface area contributed by atoms with Crippen molar-refractivity contribution >= 4 is 5.97 Å². The maximum Gasteiger partial charge on any atom is 0.354 e. The molecule has 0 aliphatic carbocycles. The van der Waals surface area contributed by atoms with Gasteiger partial charge in [-0.3, -0.25) is 0 Å². The summed E-state index contributed by atoms with van der Waals surface area (Å²) in [4.78, 5) is 14.5. The van der Waals surface area contributed by atoms with E-state index in [1.807, 2.05) is 6.07 Å². The molecule has 0 fully saturated rings. The van der Waals surface area contributed by atoms with E-state index in [1.165, 1.54) is 19.3 Å². The first kappa shape index (κ1) is 13.7. The first-order valence-corrected chi connectivity index (χ1v) is 6.28. The molecule has 0 spiro atoms. The van der Waals surface area contributed by atoms with Gasteiger partial charge in [0, 0.05) is 6.20 Å². The highest BCUT2D eigenvalue weighted by Crippen LogP contribution is 2.11. The molecule has 0 saturated carbocycles. The fourth-order valence-corrected chi connectivity index (χ4v) is 1.81. The normalized spacial score (nSPS) is 10.8. The SMILES string of the molecule is CC(C)CCCCCc1ccnc(C(=O)O)c1. The lowest BCUT2D eigenvalue weighted by atomic mass is 10.0. The van der Waals surface area contributed by atoms with Crippen LogP contribution in [0.25, 0.3) is 0 Å². The minimum absolute atomic E-state index is 0.143. The van der Waals surface area contributed by atoms with Crippen molar-refractivity contribution in [2.45, 2.75) is 46.0 Å². The average Bonchev–Trinajstić information content (AvgIpc) is 2.28. The van der Waals surface area contributed by atoms with Crippen molar-refractivity contribution in [2.24, 2.45) is 5.92 Å². The zero-order valence-electron chi connectivity index (χ0n) is 10.6. The Kier molecular flexibility index (Phi) is 5.67. The molecular formula is C14H21NO2. The van der Waals surface area contributed by atoms with Crippen molar-refractivity contribution < 1.29 is 9.90 Å². The maximum atomic E-state index is 10.7. The van der Waals surface area contributed by atoms with Crippen LogP contribution in [0.1, 0.15) is 55.6 Å². The number of hydrogen-bond donors (Lipinski definition) is 1. The molecule has 0 aromatic carbocycles. The van der Waals surface area contributed by atoms with Crippen LogP contribution in [0.2, 0.25) is 0 Å². The molecule has 0 amide bonds. The lowest BCUT2D eigenvalue weighted by molar-refractivity contribution is 0.0690. The highest BCUT2D eigenvalue weighted by molar-refractivity contribution is 5.85. The topological polar surface area (TPSA) is 50.2 Å². The molecule has 0 saturated heterocycles. The van der Waals surface area contributed by atoms with E-state index in [0.29, 0.717) is 0 Å². The molecule has 1 aromatic rings. The third-order valence-electron chi connectivity index (χ3n) is 2.79. The highest BCUT2D eigenvalue weighted by Gasteiger charge is 2.04. The largest absolute Gasteiger partial charge is 0.477 e. The number of pyridine rings is 1. The van der Waals surface area contributed by atoms with Gasteiger partial charge >= 0.3 is 5.97 Å². The summed E-state index contributed by atoms with van der Waals surface area (Å²) in [5.41, 5.74) is 1.21. The van der Waals surface area contributed by atoms with Crippen molar-refractivity contribution in [3.05, 3.63) is 29.6 Å². The summed E-state index contributed by atoms with van der Waals surface area (Å²) in [7, 11) is 0. The highest BCUT2D eigenvalue weighted by atomic mass is 16.4. The van der Waals surface area contributed by atoms with Gasteiger partial charge in [0.1, 0.15) is 5.69 Å². The summed E-state index contributed by atoms with van der Waals surface area (Å²) >= 11 is 0. The van der Waals surface area contributed by atoms with Gasteiger partial charge in [0.25, 0.3) is 0 Å². The Morgan fingerprint density at radius 2 is 2.12 bits per heavy atom. The Morgan fingerprint density at radius 1 is 1.35 bits per heavy atom. The second-order valence-corrected chi connectivity index (χ2v) is 4.85. The second kappa shape index (κ2) is 7.05. The third-order valence-corrected chi connectivity index (χ3v) is 2.79. The number of unbranched alkanes of at least 4 members (excludes halogenated alkanes) is 2. The van der Waals surface area contributed by atoms with Gasteiger partial charge in [-0.2, -0.15) is 0 Å². The van der Waals surface area contributed by atoms with E-state index in [4.69, 9.17) is 5.11 Å². The predicted molar refractivity (Wildman–Crippen MR) is 68.2 cm³/mol. The molecule has 0 unspecified atom stereocenters. The maximum absolute atomic E-state index is 10.7. The van der Waals surface area contributed by atoms with E-state index in [2.05, 4.69) is 18.8 Å². The summed E-state index contributed by atoms with van der Waals surface area (Å²) in [5.74, 6) is -0.179. The van der Waals surface area contributed by atoms with Crippen molar-refractivity contribution in [1.82, 2.24) is 4.98 Å². The van der Waals surface area contributed by atoms with E-state index in [-0.39, 0.29) is 5.69 Å². The van der Waals surface area contributed by atoms with Crippen LogP contribution >= 0.6 is 0 Å². The number of nitrogens with zero attached hydrogens (tertiary/aromatic N) is 1. The molecule has 0 bridgehead atoms. The fraction of sp³-hybridized carbons (Fsp3) is 0.571. The summed E-state index contributed by atoms with van der Waals surface area (Å²) in [6.07, 6.45) is 7.39. The minimum atomic E-state index is -0.952. The van der Waals surface area contributed by atoms with Crippen molar-refractivity contribution in [1.29, 1.82) is 0 Å². The molecule has 0 atom stereocenters. The Balaban J connectivity index is 2.31. The van der Waals surface area contributed by atoms with Crippen LogP contribution in [0.15, 0.2) is 18.3 Å². The summed E-state index contributed by atoms with van der Waals surface area (Å²) < 4.78 is 0. The Labute approximate surface area is 103 Å². The van der Waals surface area contributed by atoms with Crippen LogP contribution in [0.4, 0.5) is 0 Å². The first-order valence-electron chi connectivity index (χ1n) is 6.28. The van der Waals surface area contributed by atoms with Crippen LogP contribution in [0.3, 0.4) is 0 Å². The monoisotopic (exact) mass is 235 g/mol.